The monoisotopic (exact) mass is 761 g/mol. The van der Waals surface area contributed by atoms with Crippen LogP contribution in [0.25, 0.3) is 0 Å². The molecule has 53 heavy (non-hydrogen) atoms. The van der Waals surface area contributed by atoms with Crippen LogP contribution in [0.1, 0.15) is 72.3 Å². The normalized spacial score (nSPS) is 21.8. The van der Waals surface area contributed by atoms with Gasteiger partial charge in [-0.1, -0.05) is 76.8 Å². The molecule has 2 bridgehead atoms. The Labute approximate surface area is 322 Å². The Balaban J connectivity index is 1.10. The van der Waals surface area contributed by atoms with Gasteiger partial charge in [-0.15, -0.1) is 0 Å². The second kappa shape index (κ2) is 16.1. The van der Waals surface area contributed by atoms with Crippen LogP contribution >= 0.6 is 23.2 Å². The van der Waals surface area contributed by atoms with Gasteiger partial charge in [0.1, 0.15) is 11.6 Å². The number of piperazine rings is 1. The van der Waals surface area contributed by atoms with E-state index in [1.165, 1.54) is 0 Å². The molecule has 1 aliphatic carbocycles. The van der Waals surface area contributed by atoms with Gasteiger partial charge in [0, 0.05) is 50.2 Å². The highest BCUT2D eigenvalue weighted by Crippen LogP contribution is 2.39. The van der Waals surface area contributed by atoms with Gasteiger partial charge in [0.2, 0.25) is 11.8 Å². The van der Waals surface area contributed by atoms with Crippen LogP contribution in [-0.2, 0) is 20.7 Å². The maximum Gasteiger partial charge on any atom is 0.408 e. The molecule has 12 heteroatoms. The number of carbonyl (C=O) groups excluding carboxylic acids is 4. The van der Waals surface area contributed by atoms with E-state index in [1.807, 2.05) is 83.1 Å². The molecule has 282 valence electrons. The molecule has 2 N–H and O–H groups in total. The van der Waals surface area contributed by atoms with Crippen LogP contribution in [0, 0.1) is 19.8 Å². The molecule has 0 aromatic heterocycles. The van der Waals surface area contributed by atoms with Crippen molar-refractivity contribution in [3.8, 4) is 0 Å². The van der Waals surface area contributed by atoms with Crippen LogP contribution in [0.5, 0.6) is 0 Å². The van der Waals surface area contributed by atoms with Crippen molar-refractivity contribution in [2.75, 3.05) is 32.7 Å². The third kappa shape index (κ3) is 9.34. The molecule has 6 rings (SSSR count). The summed E-state index contributed by atoms with van der Waals surface area (Å²) in [5, 5.41) is 7.16. The van der Waals surface area contributed by atoms with Crippen molar-refractivity contribution in [2.45, 2.75) is 83.6 Å². The van der Waals surface area contributed by atoms with Crippen LogP contribution < -0.4 is 10.6 Å². The first-order valence-electron chi connectivity index (χ1n) is 18.3. The number of alkyl carbamates (subject to hydrolysis) is 1. The fourth-order valence-electron chi connectivity index (χ4n) is 8.04. The molecule has 2 heterocycles. The van der Waals surface area contributed by atoms with Crippen molar-refractivity contribution in [3.05, 3.63) is 105 Å². The molecule has 0 radical (unpaired) electrons. The number of carbonyl (C=O) groups is 4. The number of benzene rings is 3. The summed E-state index contributed by atoms with van der Waals surface area (Å²) in [7, 11) is 0. The largest absolute Gasteiger partial charge is 0.444 e. The van der Waals surface area contributed by atoms with Gasteiger partial charge in [-0.2, -0.15) is 0 Å². The lowest BCUT2D eigenvalue weighted by molar-refractivity contribution is -0.137. The topological polar surface area (TPSA) is 111 Å². The number of nitrogens with one attached hydrogen (secondary N) is 2. The number of likely N-dealkylation sites (tertiary alicyclic amines) is 1. The summed E-state index contributed by atoms with van der Waals surface area (Å²) in [6.07, 6.45) is 1.27. The van der Waals surface area contributed by atoms with E-state index < -0.39 is 23.8 Å². The Bertz CT molecular complexity index is 1830. The van der Waals surface area contributed by atoms with Gasteiger partial charge in [-0.25, -0.2) is 4.79 Å². The molecule has 2 saturated heterocycles. The molecular weight excluding hydrogens is 713 g/mol. The molecule has 2 aliphatic heterocycles. The summed E-state index contributed by atoms with van der Waals surface area (Å²) in [5.41, 5.74) is 3.73. The molecule has 0 spiro atoms. The Morgan fingerprint density at radius 3 is 2.23 bits per heavy atom. The predicted molar refractivity (Wildman–Crippen MR) is 206 cm³/mol. The van der Waals surface area contributed by atoms with Gasteiger partial charge in [-0.3, -0.25) is 14.4 Å². The number of ether oxygens (including phenoxy) is 1. The summed E-state index contributed by atoms with van der Waals surface area (Å²) in [6.45, 7) is 11.1. The SMILES string of the molecule is Cc1cc(C)cc(C(=O)N2CCN(C(=O)CNC3C[C@H]4CC3CN4C(=O)C(Cc3ccccc3)NC(=O)OC(C)(C)C)[C@H](c3ccc(Cl)c(Cl)c3)C2)c1. The lowest BCUT2D eigenvalue weighted by Gasteiger charge is -2.42. The van der Waals surface area contributed by atoms with Crippen molar-refractivity contribution in [1.29, 1.82) is 0 Å². The molecule has 3 unspecified atom stereocenters. The Morgan fingerprint density at radius 1 is 0.868 bits per heavy atom. The molecule has 3 aromatic rings. The third-order valence-corrected chi connectivity index (χ3v) is 11.1. The van der Waals surface area contributed by atoms with E-state index in [1.54, 1.807) is 32.9 Å². The maximum absolute atomic E-state index is 14.0. The molecule has 3 aliphatic rings. The number of aryl methyl sites for hydroxylation is 2. The molecule has 10 nitrogen and oxygen atoms in total. The first-order chi connectivity index (χ1) is 25.1. The van der Waals surface area contributed by atoms with Crippen LogP contribution in [0.3, 0.4) is 0 Å². The number of halogens is 2. The van der Waals surface area contributed by atoms with Crippen molar-refractivity contribution in [2.24, 2.45) is 5.92 Å². The van der Waals surface area contributed by atoms with Crippen molar-refractivity contribution >= 4 is 47.0 Å². The molecule has 1 saturated carbocycles. The second-order valence-corrected chi connectivity index (χ2v) is 16.5. The highest BCUT2D eigenvalue weighted by molar-refractivity contribution is 6.42. The molecule has 4 amide bonds. The lowest BCUT2D eigenvalue weighted by Crippen LogP contribution is -2.56. The van der Waals surface area contributed by atoms with E-state index in [2.05, 4.69) is 10.6 Å². The number of amides is 4. The minimum Gasteiger partial charge on any atom is -0.444 e. The highest BCUT2D eigenvalue weighted by Gasteiger charge is 2.48. The zero-order valence-electron chi connectivity index (χ0n) is 31.0. The number of rotatable bonds is 9. The Morgan fingerprint density at radius 2 is 1.58 bits per heavy atom. The zero-order valence-corrected chi connectivity index (χ0v) is 32.5. The maximum atomic E-state index is 14.0. The van der Waals surface area contributed by atoms with Gasteiger partial charge in [0.25, 0.3) is 5.91 Å². The van der Waals surface area contributed by atoms with Crippen LogP contribution in [0.4, 0.5) is 4.79 Å². The molecule has 5 atom stereocenters. The first kappa shape index (κ1) is 38.6. The number of nitrogens with zero attached hydrogens (tertiary/aromatic N) is 3. The zero-order chi connectivity index (χ0) is 38.0. The van der Waals surface area contributed by atoms with Gasteiger partial charge in [0.05, 0.1) is 22.6 Å². The summed E-state index contributed by atoms with van der Waals surface area (Å²) in [4.78, 5) is 59.9. The minimum atomic E-state index is -0.765. The van der Waals surface area contributed by atoms with E-state index in [4.69, 9.17) is 27.9 Å². The average Bonchev–Trinajstić information content (AvgIpc) is 3.71. The van der Waals surface area contributed by atoms with Crippen molar-refractivity contribution in [3.63, 3.8) is 0 Å². The van der Waals surface area contributed by atoms with E-state index in [-0.39, 0.29) is 42.3 Å². The second-order valence-electron chi connectivity index (χ2n) is 15.7. The summed E-state index contributed by atoms with van der Waals surface area (Å²) < 4.78 is 5.50. The smallest absolute Gasteiger partial charge is 0.408 e. The van der Waals surface area contributed by atoms with E-state index in [9.17, 15) is 19.2 Å². The molecule has 3 aromatic carbocycles. The number of piperidine rings is 1. The Kier molecular flexibility index (Phi) is 11.7. The van der Waals surface area contributed by atoms with Gasteiger partial charge >= 0.3 is 6.09 Å². The Hall–Kier alpha value is -4.12. The first-order valence-corrected chi connectivity index (χ1v) is 19.1. The number of fused-ring (bicyclic) bond motifs is 2. The van der Waals surface area contributed by atoms with E-state index in [0.29, 0.717) is 54.6 Å². The van der Waals surface area contributed by atoms with Crippen LogP contribution in [0.15, 0.2) is 66.7 Å². The van der Waals surface area contributed by atoms with Crippen LogP contribution in [0.2, 0.25) is 10.0 Å². The molecule has 3 fully saturated rings. The number of hydrogen-bond donors (Lipinski definition) is 2. The fourth-order valence-corrected chi connectivity index (χ4v) is 8.35. The summed E-state index contributed by atoms with van der Waals surface area (Å²) in [5.74, 6) is -0.0894. The quantitative estimate of drug-likeness (QED) is 0.263. The summed E-state index contributed by atoms with van der Waals surface area (Å²) in [6, 6.07) is 19.7. The van der Waals surface area contributed by atoms with E-state index in [0.717, 1.165) is 28.7 Å². The van der Waals surface area contributed by atoms with Crippen molar-refractivity contribution < 1.29 is 23.9 Å². The van der Waals surface area contributed by atoms with E-state index >= 15 is 0 Å². The molecular formula is C41H49Cl2N5O5. The lowest BCUT2D eigenvalue weighted by atomic mass is 9.99. The minimum absolute atomic E-state index is 0.00240. The van der Waals surface area contributed by atoms with Crippen LogP contribution in [-0.4, -0.2) is 95.0 Å². The standard InChI is InChI=1S/C41H49Cl2N5O5/c1-25-15-26(2)17-29(16-25)38(50)46-13-14-47(36(24-46)28-11-12-32(42)33(43)20-28)37(49)22-44-34-21-31-19-30(34)23-48(31)39(51)35(18-27-9-7-6-8-10-27)45-40(52)53-41(3,4)5/h6-12,15-17,20,30-31,34-36,44H,13-14,18-19,21-24H2,1-5H3,(H,45,52)/t30?,31-,34?,35?,36+/m1/s1. The highest BCUT2D eigenvalue weighted by atomic mass is 35.5. The average molecular weight is 763 g/mol. The third-order valence-electron chi connectivity index (χ3n) is 10.4. The van der Waals surface area contributed by atoms with Crippen molar-refractivity contribution in [1.82, 2.24) is 25.3 Å². The van der Waals surface area contributed by atoms with Gasteiger partial charge in [0.15, 0.2) is 0 Å². The summed E-state index contributed by atoms with van der Waals surface area (Å²) >= 11 is 12.7. The predicted octanol–water partition coefficient (Wildman–Crippen LogP) is 6.35. The van der Waals surface area contributed by atoms with Gasteiger partial charge in [-0.05, 0) is 88.8 Å². The number of hydrogen-bond acceptors (Lipinski definition) is 6. The fraction of sp³-hybridized carbons (Fsp3) is 0.463. The van der Waals surface area contributed by atoms with Gasteiger partial charge < -0.3 is 30.1 Å².